The number of anilines is 1. The van der Waals surface area contributed by atoms with Crippen molar-refractivity contribution in [3.05, 3.63) is 18.0 Å². The molecule has 27 heavy (non-hydrogen) atoms. The Kier molecular flexibility index (Phi) is 5.73. The molecule has 1 saturated carbocycles. The van der Waals surface area contributed by atoms with Gasteiger partial charge in [-0.1, -0.05) is 0 Å². The first kappa shape index (κ1) is 18.4. The van der Waals surface area contributed by atoms with E-state index in [-0.39, 0.29) is 18.2 Å². The van der Waals surface area contributed by atoms with Gasteiger partial charge in [-0.15, -0.1) is 0 Å². The van der Waals surface area contributed by atoms with Crippen molar-refractivity contribution in [1.82, 2.24) is 20.2 Å². The number of nitrogens with one attached hydrogen (secondary N) is 1. The molecule has 1 aromatic heterocycles. The second-order valence-electron chi connectivity index (χ2n) is 7.63. The molecule has 1 N–H and O–H groups in total. The van der Waals surface area contributed by atoms with E-state index in [1.807, 2.05) is 11.0 Å². The second-order valence-corrected chi connectivity index (χ2v) is 7.63. The number of ether oxygens (including phenoxy) is 2. The number of amides is 2. The van der Waals surface area contributed by atoms with E-state index in [4.69, 9.17) is 14.5 Å². The summed E-state index contributed by atoms with van der Waals surface area (Å²) in [6, 6.07) is 1.96. The van der Waals surface area contributed by atoms with E-state index >= 15 is 0 Å². The molecule has 3 fully saturated rings. The van der Waals surface area contributed by atoms with Gasteiger partial charge in [-0.3, -0.25) is 0 Å². The molecule has 2 amide bonds. The molecule has 0 spiro atoms. The van der Waals surface area contributed by atoms with Crippen molar-refractivity contribution in [2.24, 2.45) is 5.92 Å². The van der Waals surface area contributed by atoms with Crippen LogP contribution in [0.25, 0.3) is 0 Å². The summed E-state index contributed by atoms with van der Waals surface area (Å²) in [7, 11) is 1.68. The Bertz CT molecular complexity index is 648. The summed E-state index contributed by atoms with van der Waals surface area (Å²) in [5.74, 6) is 1.32. The van der Waals surface area contributed by atoms with Crippen LogP contribution in [0, 0.1) is 5.92 Å². The second kappa shape index (κ2) is 8.39. The lowest BCUT2D eigenvalue weighted by atomic mass is 10.2. The molecule has 2 atom stereocenters. The van der Waals surface area contributed by atoms with Gasteiger partial charge >= 0.3 is 6.03 Å². The maximum absolute atomic E-state index is 12.7. The van der Waals surface area contributed by atoms with Crippen LogP contribution in [0.15, 0.2) is 12.3 Å². The fourth-order valence-corrected chi connectivity index (χ4v) is 3.85. The molecule has 3 aliphatic rings. The molecular formula is C19H29N5O3. The van der Waals surface area contributed by atoms with Crippen LogP contribution in [-0.2, 0) is 9.47 Å². The van der Waals surface area contributed by atoms with Gasteiger partial charge in [-0.2, -0.15) is 0 Å². The number of hydrogen-bond donors (Lipinski definition) is 1. The van der Waals surface area contributed by atoms with Crippen molar-refractivity contribution in [3.63, 3.8) is 0 Å². The van der Waals surface area contributed by atoms with Crippen LogP contribution in [0.1, 0.15) is 37.5 Å². The minimum Gasteiger partial charge on any atom is -0.383 e. The zero-order valence-corrected chi connectivity index (χ0v) is 16.0. The van der Waals surface area contributed by atoms with Gasteiger partial charge < -0.3 is 24.6 Å². The zero-order valence-electron chi connectivity index (χ0n) is 16.0. The molecule has 0 bridgehead atoms. The van der Waals surface area contributed by atoms with Gasteiger partial charge in [0, 0.05) is 32.9 Å². The van der Waals surface area contributed by atoms with Gasteiger partial charge in [-0.05, 0) is 37.7 Å². The van der Waals surface area contributed by atoms with Crippen LogP contribution in [-0.4, -0.2) is 73.4 Å². The minimum absolute atomic E-state index is 0.0360. The van der Waals surface area contributed by atoms with Crippen LogP contribution in [0.2, 0.25) is 0 Å². The minimum atomic E-state index is -0.212. The average molecular weight is 375 g/mol. The standard InChI is InChI=1S/C19H29N5O3/c1-26-13-16(14-4-5-14)22-19(25)24-10-11-27-17(12-24)15-6-7-20-18(21-15)23-8-2-3-9-23/h6-7,14,16-17H,2-5,8-13H2,1H3,(H,22,25)/t16-,17+/m1/s1. The van der Waals surface area contributed by atoms with Gasteiger partial charge in [0.25, 0.3) is 0 Å². The predicted octanol–water partition coefficient (Wildman–Crippen LogP) is 1.58. The Morgan fingerprint density at radius 3 is 2.93 bits per heavy atom. The highest BCUT2D eigenvalue weighted by Crippen LogP contribution is 2.33. The van der Waals surface area contributed by atoms with Crippen LogP contribution in [0.3, 0.4) is 0 Å². The number of carbonyl (C=O) groups is 1. The lowest BCUT2D eigenvalue weighted by molar-refractivity contribution is -0.0184. The largest absolute Gasteiger partial charge is 0.383 e. The zero-order chi connectivity index (χ0) is 18.6. The van der Waals surface area contributed by atoms with Gasteiger partial charge in [-0.25, -0.2) is 14.8 Å². The molecule has 148 valence electrons. The van der Waals surface area contributed by atoms with Gasteiger partial charge in [0.15, 0.2) is 0 Å². The number of urea groups is 1. The summed E-state index contributed by atoms with van der Waals surface area (Å²) in [6.07, 6.45) is 6.28. The topological polar surface area (TPSA) is 79.8 Å². The van der Waals surface area contributed by atoms with Crippen LogP contribution < -0.4 is 10.2 Å². The molecule has 1 aromatic rings. The van der Waals surface area contributed by atoms with Crippen LogP contribution >= 0.6 is 0 Å². The van der Waals surface area contributed by atoms with E-state index in [2.05, 4.69) is 15.2 Å². The SMILES string of the molecule is COC[C@@H](NC(=O)N1CCO[C@H](c2ccnc(N3CCCC3)n2)C1)C1CC1. The van der Waals surface area contributed by atoms with E-state index in [0.29, 0.717) is 32.2 Å². The highest BCUT2D eigenvalue weighted by Gasteiger charge is 2.34. The summed E-state index contributed by atoms with van der Waals surface area (Å²) in [5, 5.41) is 3.14. The molecule has 8 heteroatoms. The normalized spacial score (nSPS) is 24.1. The summed E-state index contributed by atoms with van der Waals surface area (Å²) in [4.78, 5) is 25.9. The molecular weight excluding hydrogens is 346 g/mol. The number of rotatable bonds is 6. The van der Waals surface area contributed by atoms with E-state index in [1.165, 1.54) is 25.7 Å². The Hall–Kier alpha value is -1.93. The third kappa shape index (κ3) is 4.50. The molecule has 8 nitrogen and oxygen atoms in total. The van der Waals surface area contributed by atoms with Gasteiger partial charge in [0.2, 0.25) is 5.95 Å². The van der Waals surface area contributed by atoms with Gasteiger partial charge in [0.05, 0.1) is 31.5 Å². The molecule has 0 unspecified atom stereocenters. The number of morpholine rings is 1. The Morgan fingerprint density at radius 1 is 1.37 bits per heavy atom. The summed E-state index contributed by atoms with van der Waals surface area (Å²) >= 11 is 0. The van der Waals surface area contributed by atoms with E-state index in [0.717, 1.165) is 24.7 Å². The van der Waals surface area contributed by atoms with Crippen molar-refractivity contribution in [1.29, 1.82) is 0 Å². The molecule has 3 heterocycles. The number of methoxy groups -OCH3 is 1. The summed E-state index contributed by atoms with van der Waals surface area (Å²) in [6.45, 7) is 4.19. The maximum atomic E-state index is 12.7. The highest BCUT2D eigenvalue weighted by atomic mass is 16.5. The van der Waals surface area contributed by atoms with Gasteiger partial charge in [0.1, 0.15) is 6.10 Å². The van der Waals surface area contributed by atoms with E-state index in [1.54, 1.807) is 13.3 Å². The summed E-state index contributed by atoms with van der Waals surface area (Å²) < 4.78 is 11.2. The number of aromatic nitrogens is 2. The van der Waals surface area contributed by atoms with Crippen molar-refractivity contribution in [2.45, 2.75) is 37.8 Å². The quantitative estimate of drug-likeness (QED) is 0.813. The molecule has 2 saturated heterocycles. The Labute approximate surface area is 160 Å². The maximum Gasteiger partial charge on any atom is 0.317 e. The Morgan fingerprint density at radius 2 is 2.19 bits per heavy atom. The Balaban J connectivity index is 1.38. The first-order valence-electron chi connectivity index (χ1n) is 9.98. The highest BCUT2D eigenvalue weighted by molar-refractivity contribution is 5.74. The predicted molar refractivity (Wildman–Crippen MR) is 101 cm³/mol. The average Bonchev–Trinajstić information content (AvgIpc) is 3.41. The number of hydrogen-bond acceptors (Lipinski definition) is 6. The first-order valence-corrected chi connectivity index (χ1v) is 9.98. The monoisotopic (exact) mass is 375 g/mol. The van der Waals surface area contributed by atoms with Crippen molar-refractivity contribution in [3.8, 4) is 0 Å². The third-order valence-electron chi connectivity index (χ3n) is 5.58. The number of carbonyl (C=O) groups excluding carboxylic acids is 1. The third-order valence-corrected chi connectivity index (χ3v) is 5.58. The molecule has 4 rings (SSSR count). The van der Waals surface area contributed by atoms with E-state index in [9.17, 15) is 4.79 Å². The van der Waals surface area contributed by atoms with Crippen molar-refractivity contribution >= 4 is 12.0 Å². The molecule has 0 radical (unpaired) electrons. The van der Waals surface area contributed by atoms with E-state index < -0.39 is 0 Å². The van der Waals surface area contributed by atoms with Crippen LogP contribution in [0.4, 0.5) is 10.7 Å². The smallest absolute Gasteiger partial charge is 0.317 e. The first-order chi connectivity index (χ1) is 13.2. The fraction of sp³-hybridized carbons (Fsp3) is 0.737. The lowest BCUT2D eigenvalue weighted by Gasteiger charge is -2.34. The van der Waals surface area contributed by atoms with Crippen molar-refractivity contribution in [2.75, 3.05) is 51.4 Å². The fourth-order valence-electron chi connectivity index (χ4n) is 3.85. The van der Waals surface area contributed by atoms with Crippen LogP contribution in [0.5, 0.6) is 0 Å². The molecule has 2 aliphatic heterocycles. The number of nitrogens with zero attached hydrogens (tertiary/aromatic N) is 4. The molecule has 0 aromatic carbocycles. The lowest BCUT2D eigenvalue weighted by Crippen LogP contribution is -2.51. The van der Waals surface area contributed by atoms with Crippen molar-refractivity contribution < 1.29 is 14.3 Å². The summed E-state index contributed by atoms with van der Waals surface area (Å²) in [5.41, 5.74) is 0.847. The molecule has 1 aliphatic carbocycles.